The van der Waals surface area contributed by atoms with Gasteiger partial charge in [-0.2, -0.15) is 0 Å². The molecule has 4 saturated carbocycles. The van der Waals surface area contributed by atoms with Crippen LogP contribution in [-0.4, -0.2) is 53.8 Å². The summed E-state index contributed by atoms with van der Waals surface area (Å²) in [4.78, 5) is 28.1. The molecule has 4 bridgehead atoms. The van der Waals surface area contributed by atoms with Crippen LogP contribution in [0.4, 0.5) is 4.39 Å². The summed E-state index contributed by atoms with van der Waals surface area (Å²) in [7, 11) is 0. The minimum Gasteiger partial charge on any atom is -0.493 e. The minimum atomic E-state index is -0.705. The highest BCUT2D eigenvalue weighted by atomic mass is 19.1. The van der Waals surface area contributed by atoms with Crippen LogP contribution in [0.5, 0.6) is 5.75 Å². The molecule has 174 valence electrons. The number of likely N-dealkylation sites (tertiary alicyclic amines) is 1. The van der Waals surface area contributed by atoms with Crippen LogP contribution in [0.15, 0.2) is 24.3 Å². The third kappa shape index (κ3) is 4.24. The lowest BCUT2D eigenvalue weighted by molar-refractivity contribution is -0.165. The SMILES string of the molecule is O=C(OCCCOc1ccc(F)cc1)[C@@H]1CC(O)CN1C(=O)C12CC3CC(CC(C3)C1)C2. The van der Waals surface area contributed by atoms with E-state index in [2.05, 4.69) is 0 Å². The average Bonchev–Trinajstić information content (AvgIpc) is 3.15. The number of ether oxygens (including phenoxy) is 2. The molecule has 1 amide bonds. The zero-order valence-electron chi connectivity index (χ0n) is 18.4. The maximum absolute atomic E-state index is 13.7. The van der Waals surface area contributed by atoms with Crippen molar-refractivity contribution < 1.29 is 28.6 Å². The molecule has 1 unspecified atom stereocenters. The van der Waals surface area contributed by atoms with E-state index in [0.717, 1.165) is 19.3 Å². The van der Waals surface area contributed by atoms with E-state index in [-0.39, 0.29) is 36.7 Å². The Hall–Kier alpha value is -2.15. The number of benzene rings is 1. The van der Waals surface area contributed by atoms with Crippen LogP contribution >= 0.6 is 0 Å². The monoisotopic (exact) mass is 445 g/mol. The summed E-state index contributed by atoms with van der Waals surface area (Å²) in [5.74, 6) is 1.79. The largest absolute Gasteiger partial charge is 0.493 e. The molecule has 1 N–H and O–H groups in total. The molecule has 2 atom stereocenters. The molecule has 1 aliphatic heterocycles. The fourth-order valence-electron chi connectivity index (χ4n) is 6.99. The van der Waals surface area contributed by atoms with Gasteiger partial charge in [0, 0.05) is 19.4 Å². The Labute approximate surface area is 188 Å². The van der Waals surface area contributed by atoms with Crippen molar-refractivity contribution in [2.45, 2.75) is 63.5 Å². The number of aliphatic hydroxyl groups is 1. The molecule has 1 aromatic carbocycles. The van der Waals surface area contributed by atoms with E-state index in [4.69, 9.17) is 9.47 Å². The molecule has 32 heavy (non-hydrogen) atoms. The van der Waals surface area contributed by atoms with E-state index in [1.165, 1.54) is 31.4 Å². The van der Waals surface area contributed by atoms with E-state index in [0.29, 0.717) is 36.5 Å². The number of hydrogen-bond acceptors (Lipinski definition) is 5. The highest BCUT2D eigenvalue weighted by molar-refractivity contribution is 5.89. The Balaban J connectivity index is 1.14. The van der Waals surface area contributed by atoms with Gasteiger partial charge in [-0.1, -0.05) is 0 Å². The molecule has 1 heterocycles. The Kier molecular flexibility index (Phi) is 5.86. The van der Waals surface area contributed by atoms with Crippen molar-refractivity contribution in [1.29, 1.82) is 0 Å². The van der Waals surface area contributed by atoms with E-state index >= 15 is 0 Å². The molecule has 0 spiro atoms. The lowest BCUT2D eigenvalue weighted by Crippen LogP contribution is -2.56. The van der Waals surface area contributed by atoms with Crippen molar-refractivity contribution in [1.82, 2.24) is 4.90 Å². The summed E-state index contributed by atoms with van der Waals surface area (Å²) in [5, 5.41) is 10.3. The predicted molar refractivity (Wildman–Crippen MR) is 114 cm³/mol. The van der Waals surface area contributed by atoms with Crippen molar-refractivity contribution in [3.63, 3.8) is 0 Å². The van der Waals surface area contributed by atoms with Crippen molar-refractivity contribution in [3.05, 3.63) is 30.1 Å². The van der Waals surface area contributed by atoms with Crippen LogP contribution in [0.3, 0.4) is 0 Å². The van der Waals surface area contributed by atoms with E-state index in [1.54, 1.807) is 17.0 Å². The summed E-state index contributed by atoms with van der Waals surface area (Å²) in [6.45, 7) is 0.724. The number of carbonyl (C=O) groups excluding carboxylic acids is 2. The van der Waals surface area contributed by atoms with Crippen LogP contribution in [-0.2, 0) is 14.3 Å². The number of β-amino-alcohol motifs (C(OH)–C–C–N with tert-alkyl or cyclic N) is 1. The van der Waals surface area contributed by atoms with Gasteiger partial charge in [-0.25, -0.2) is 9.18 Å². The van der Waals surface area contributed by atoms with Gasteiger partial charge in [0.15, 0.2) is 0 Å². The van der Waals surface area contributed by atoms with Gasteiger partial charge >= 0.3 is 5.97 Å². The first kappa shape index (κ1) is 21.7. The molecule has 1 aromatic rings. The molecule has 7 heteroatoms. The smallest absolute Gasteiger partial charge is 0.328 e. The second-order valence-corrected chi connectivity index (χ2v) is 10.4. The third-order valence-electron chi connectivity index (χ3n) is 7.92. The number of amides is 1. The number of aliphatic hydroxyl groups excluding tert-OH is 1. The minimum absolute atomic E-state index is 0.0646. The molecular weight excluding hydrogens is 413 g/mol. The van der Waals surface area contributed by atoms with Crippen LogP contribution < -0.4 is 4.74 Å². The maximum Gasteiger partial charge on any atom is 0.328 e. The van der Waals surface area contributed by atoms with E-state index in [9.17, 15) is 19.1 Å². The first-order valence-corrected chi connectivity index (χ1v) is 12.0. The molecule has 0 aromatic heterocycles. The van der Waals surface area contributed by atoms with Crippen LogP contribution in [0.1, 0.15) is 51.4 Å². The molecule has 1 saturated heterocycles. The average molecular weight is 446 g/mol. The molecular formula is C25H32FNO5. The number of hydrogen-bond donors (Lipinski definition) is 1. The summed E-state index contributed by atoms with van der Waals surface area (Å²) in [6.07, 6.45) is 6.60. The van der Waals surface area contributed by atoms with Crippen LogP contribution in [0.25, 0.3) is 0 Å². The summed E-state index contributed by atoms with van der Waals surface area (Å²) in [5.41, 5.74) is -0.333. The fourth-order valence-corrected chi connectivity index (χ4v) is 6.99. The zero-order chi connectivity index (χ0) is 22.3. The third-order valence-corrected chi connectivity index (χ3v) is 7.92. The van der Waals surface area contributed by atoms with Gasteiger partial charge in [-0.15, -0.1) is 0 Å². The number of carbonyl (C=O) groups is 2. The van der Waals surface area contributed by atoms with Crippen molar-refractivity contribution in [2.75, 3.05) is 19.8 Å². The highest BCUT2D eigenvalue weighted by Crippen LogP contribution is 2.60. The van der Waals surface area contributed by atoms with Gasteiger partial charge in [0.2, 0.25) is 5.91 Å². The normalized spacial score (nSPS) is 35.2. The Morgan fingerprint density at radius 3 is 2.25 bits per heavy atom. The summed E-state index contributed by atoms with van der Waals surface area (Å²) < 4.78 is 23.9. The van der Waals surface area contributed by atoms with Gasteiger partial charge in [0.1, 0.15) is 17.6 Å². The first-order chi connectivity index (χ1) is 15.4. The van der Waals surface area contributed by atoms with Crippen molar-refractivity contribution in [3.8, 4) is 5.75 Å². The number of rotatable bonds is 7. The summed E-state index contributed by atoms with van der Waals surface area (Å²) >= 11 is 0. The second kappa shape index (κ2) is 8.65. The topological polar surface area (TPSA) is 76.1 Å². The summed E-state index contributed by atoms with van der Waals surface area (Å²) in [6, 6.07) is 5.06. The van der Waals surface area contributed by atoms with Crippen molar-refractivity contribution >= 4 is 11.9 Å². The lowest BCUT2D eigenvalue weighted by atomic mass is 9.49. The highest BCUT2D eigenvalue weighted by Gasteiger charge is 2.57. The molecule has 6 nitrogen and oxygen atoms in total. The maximum atomic E-state index is 13.7. The van der Waals surface area contributed by atoms with Gasteiger partial charge < -0.3 is 19.5 Å². The molecule has 5 aliphatic rings. The quantitative estimate of drug-likeness (QED) is 0.515. The number of esters is 1. The fraction of sp³-hybridized carbons (Fsp3) is 0.680. The number of nitrogens with zero attached hydrogens (tertiary/aromatic N) is 1. The zero-order valence-corrected chi connectivity index (χ0v) is 18.4. The van der Waals surface area contributed by atoms with E-state index in [1.807, 2.05) is 0 Å². The molecule has 0 radical (unpaired) electrons. The van der Waals surface area contributed by atoms with Crippen molar-refractivity contribution in [2.24, 2.45) is 23.2 Å². The molecule has 6 rings (SSSR count). The molecule has 5 fully saturated rings. The Bertz CT molecular complexity index is 821. The predicted octanol–water partition coefficient (Wildman–Crippen LogP) is 3.32. The first-order valence-electron chi connectivity index (χ1n) is 12.0. The second-order valence-electron chi connectivity index (χ2n) is 10.4. The number of halogens is 1. The van der Waals surface area contributed by atoms with Gasteiger partial charge in [0.05, 0.1) is 24.7 Å². The Morgan fingerprint density at radius 1 is 1.00 bits per heavy atom. The van der Waals surface area contributed by atoms with Gasteiger partial charge in [-0.05, 0) is 80.5 Å². The molecule has 4 aliphatic carbocycles. The van der Waals surface area contributed by atoms with Gasteiger partial charge in [0.25, 0.3) is 0 Å². The standard InChI is InChI=1S/C25H32FNO5/c26-19-2-4-21(5-3-19)31-6-1-7-32-23(29)22-11-20(28)15-27(22)24(30)25-12-16-8-17(13-25)10-18(9-16)14-25/h2-5,16-18,20,22,28H,1,6-15H2/t16?,17?,18?,20?,22-,25?/m0/s1. The Morgan fingerprint density at radius 2 is 1.62 bits per heavy atom. The van der Waals surface area contributed by atoms with E-state index < -0.39 is 18.1 Å². The lowest BCUT2D eigenvalue weighted by Gasteiger charge is -2.56. The van der Waals surface area contributed by atoms with Crippen LogP contribution in [0, 0.1) is 29.0 Å². The van der Waals surface area contributed by atoms with Crippen LogP contribution in [0.2, 0.25) is 0 Å². The van der Waals surface area contributed by atoms with Gasteiger partial charge in [-0.3, -0.25) is 4.79 Å².